The molecule has 0 spiro atoms. The molecule has 3 fully saturated rings. The zero-order valence-electron chi connectivity index (χ0n) is 17.9. The summed E-state index contributed by atoms with van der Waals surface area (Å²) in [4.78, 5) is 17.0. The molecule has 0 bridgehead atoms. The topological polar surface area (TPSA) is 39.2 Å². The smallest absolute Gasteiger partial charge is 0.309 e. The Morgan fingerprint density at radius 2 is 2.03 bits per heavy atom. The number of carbonyl (C=O) groups excluding carboxylic acids is 1. The normalized spacial score (nSPS) is 33.6. The molecule has 2 aromatic rings. The maximum absolute atomic E-state index is 14.1. The van der Waals surface area contributed by atoms with E-state index in [4.69, 9.17) is 16.3 Å². The predicted octanol–water partition coefficient (Wildman–Crippen LogP) is 6.66. The standard InChI is InChI=1S/C26H26ClF2NO2/c1-15-24-21(19-10-11-26(28,29)13-17(19)12-22(24)25(31)32-15)9-8-18-7-6-16(14-30-18)20-4-2-3-5-23(20)27/h2-9,14-15,17,19,21-22,24H,10-13H2,1H3/b9-8+/t15-,17-,19-,21+,22-,24+/m1/s1. The number of alkyl halides is 2. The van der Waals surface area contributed by atoms with Crippen molar-refractivity contribution in [3.63, 3.8) is 0 Å². The van der Waals surface area contributed by atoms with Crippen LogP contribution in [0.3, 0.4) is 0 Å². The van der Waals surface area contributed by atoms with Crippen LogP contribution in [-0.2, 0) is 9.53 Å². The fourth-order valence-electron chi connectivity index (χ4n) is 6.13. The summed E-state index contributed by atoms with van der Waals surface area (Å²) in [5, 5.41) is 0.672. The summed E-state index contributed by atoms with van der Waals surface area (Å²) < 4.78 is 33.8. The minimum atomic E-state index is -2.63. The van der Waals surface area contributed by atoms with Crippen molar-refractivity contribution in [3.05, 3.63) is 59.4 Å². The van der Waals surface area contributed by atoms with E-state index in [2.05, 4.69) is 11.1 Å². The summed E-state index contributed by atoms with van der Waals surface area (Å²) in [5.74, 6) is -3.09. The number of esters is 1. The summed E-state index contributed by atoms with van der Waals surface area (Å²) in [5.41, 5.74) is 2.65. The van der Waals surface area contributed by atoms with Gasteiger partial charge in [-0.25, -0.2) is 8.78 Å². The lowest BCUT2D eigenvalue weighted by atomic mass is 9.57. The van der Waals surface area contributed by atoms with E-state index in [1.54, 1.807) is 6.20 Å². The van der Waals surface area contributed by atoms with Crippen molar-refractivity contribution in [1.29, 1.82) is 0 Å². The van der Waals surface area contributed by atoms with Gasteiger partial charge in [0.1, 0.15) is 6.10 Å². The third-order valence-corrected chi connectivity index (χ3v) is 7.91. The van der Waals surface area contributed by atoms with Gasteiger partial charge in [-0.15, -0.1) is 0 Å². The molecular weight excluding hydrogens is 432 g/mol. The van der Waals surface area contributed by atoms with Crippen molar-refractivity contribution in [2.45, 2.75) is 44.6 Å². The van der Waals surface area contributed by atoms with Gasteiger partial charge in [-0.1, -0.05) is 41.9 Å². The lowest BCUT2D eigenvalue weighted by Crippen LogP contribution is -2.46. The van der Waals surface area contributed by atoms with Crippen LogP contribution >= 0.6 is 11.6 Å². The van der Waals surface area contributed by atoms with Crippen LogP contribution < -0.4 is 0 Å². The summed E-state index contributed by atoms with van der Waals surface area (Å²) in [6.07, 6.45) is 6.44. The Morgan fingerprint density at radius 1 is 1.22 bits per heavy atom. The van der Waals surface area contributed by atoms with Crippen LogP contribution in [0, 0.1) is 29.6 Å². The molecule has 6 heteroatoms. The highest BCUT2D eigenvalue weighted by Crippen LogP contribution is 2.56. The van der Waals surface area contributed by atoms with Crippen LogP contribution in [-0.4, -0.2) is 23.0 Å². The van der Waals surface area contributed by atoms with Crippen molar-refractivity contribution in [2.24, 2.45) is 29.6 Å². The number of ether oxygens (including phenoxy) is 1. The highest BCUT2D eigenvalue weighted by atomic mass is 35.5. The fourth-order valence-corrected chi connectivity index (χ4v) is 6.38. The molecule has 1 aromatic carbocycles. The molecule has 2 saturated carbocycles. The number of nitrogens with zero attached hydrogens (tertiary/aromatic N) is 1. The second-order valence-electron chi connectivity index (χ2n) is 9.47. The SMILES string of the molecule is C[C@H]1OC(=O)[C@@H]2C[C@@H]3CC(F)(F)CC[C@H]3[C@H](/C=C/c3ccc(-c4ccccc4Cl)cn3)[C@H]12. The third-order valence-electron chi connectivity index (χ3n) is 7.58. The molecule has 1 aliphatic heterocycles. The zero-order valence-corrected chi connectivity index (χ0v) is 18.6. The van der Waals surface area contributed by atoms with Crippen LogP contribution in [0.15, 0.2) is 48.7 Å². The largest absolute Gasteiger partial charge is 0.462 e. The Hall–Kier alpha value is -2.27. The number of carbonyl (C=O) groups is 1. The van der Waals surface area contributed by atoms with Crippen LogP contribution in [0.5, 0.6) is 0 Å². The number of allylic oxidation sites excluding steroid dienone is 1. The van der Waals surface area contributed by atoms with Gasteiger partial charge in [-0.05, 0) is 55.7 Å². The molecule has 0 unspecified atom stereocenters. The molecule has 2 aliphatic carbocycles. The van der Waals surface area contributed by atoms with E-state index in [1.807, 2.05) is 49.4 Å². The number of hydrogen-bond acceptors (Lipinski definition) is 3. The van der Waals surface area contributed by atoms with E-state index in [1.165, 1.54) is 0 Å². The molecular formula is C26H26ClF2NO2. The highest BCUT2D eigenvalue weighted by Gasteiger charge is 2.56. The highest BCUT2D eigenvalue weighted by molar-refractivity contribution is 6.33. The van der Waals surface area contributed by atoms with Gasteiger partial charge >= 0.3 is 5.97 Å². The summed E-state index contributed by atoms with van der Waals surface area (Å²) in [7, 11) is 0. The Morgan fingerprint density at radius 3 is 2.78 bits per heavy atom. The van der Waals surface area contributed by atoms with Gasteiger partial charge in [0.05, 0.1) is 11.6 Å². The zero-order chi connectivity index (χ0) is 22.5. The Kier molecular flexibility index (Phi) is 5.56. The number of benzene rings is 1. The Bertz CT molecular complexity index is 1040. The van der Waals surface area contributed by atoms with E-state index in [0.717, 1.165) is 16.8 Å². The molecule has 0 N–H and O–H groups in total. The molecule has 1 aromatic heterocycles. The number of pyridine rings is 1. The second kappa shape index (κ2) is 8.26. The molecule has 5 rings (SSSR count). The molecule has 0 amide bonds. The molecule has 32 heavy (non-hydrogen) atoms. The summed E-state index contributed by atoms with van der Waals surface area (Å²) in [6.45, 7) is 1.93. The summed E-state index contributed by atoms with van der Waals surface area (Å²) in [6, 6.07) is 11.5. The first-order chi connectivity index (χ1) is 15.3. The summed E-state index contributed by atoms with van der Waals surface area (Å²) >= 11 is 6.29. The van der Waals surface area contributed by atoms with E-state index in [0.29, 0.717) is 17.9 Å². The van der Waals surface area contributed by atoms with Crippen molar-refractivity contribution in [2.75, 3.05) is 0 Å². The van der Waals surface area contributed by atoms with Crippen molar-refractivity contribution >= 4 is 23.6 Å². The average molecular weight is 458 g/mol. The molecule has 1 saturated heterocycles. The average Bonchev–Trinajstić information content (AvgIpc) is 3.04. The van der Waals surface area contributed by atoms with Gasteiger partial charge in [0.15, 0.2) is 0 Å². The first-order valence-electron chi connectivity index (χ1n) is 11.3. The maximum Gasteiger partial charge on any atom is 0.309 e. The molecule has 0 radical (unpaired) electrons. The third kappa shape index (κ3) is 3.96. The molecule has 3 aliphatic rings. The van der Waals surface area contributed by atoms with Crippen molar-refractivity contribution in [3.8, 4) is 11.1 Å². The van der Waals surface area contributed by atoms with E-state index in [-0.39, 0.29) is 54.5 Å². The number of cyclic esters (lactones) is 1. The quantitative estimate of drug-likeness (QED) is 0.483. The first-order valence-corrected chi connectivity index (χ1v) is 11.7. The number of rotatable bonds is 3. The Balaban J connectivity index is 1.41. The van der Waals surface area contributed by atoms with E-state index >= 15 is 0 Å². The van der Waals surface area contributed by atoms with Gasteiger partial charge in [0.25, 0.3) is 0 Å². The number of fused-ring (bicyclic) bond motifs is 2. The van der Waals surface area contributed by atoms with Gasteiger partial charge in [-0.3, -0.25) is 9.78 Å². The van der Waals surface area contributed by atoms with Gasteiger partial charge in [0.2, 0.25) is 5.92 Å². The Labute approximate surface area is 191 Å². The van der Waals surface area contributed by atoms with Crippen molar-refractivity contribution < 1.29 is 18.3 Å². The van der Waals surface area contributed by atoms with Crippen LogP contribution in [0.1, 0.15) is 38.3 Å². The lowest BCUT2D eigenvalue weighted by Gasteiger charge is -2.47. The first kappa shape index (κ1) is 21.6. The fraction of sp³-hybridized carbons (Fsp3) is 0.462. The number of aromatic nitrogens is 1. The van der Waals surface area contributed by atoms with Gasteiger partial charge in [0, 0.05) is 41.1 Å². The molecule has 168 valence electrons. The van der Waals surface area contributed by atoms with Crippen LogP contribution in [0.2, 0.25) is 5.02 Å². The number of halogens is 3. The number of hydrogen-bond donors (Lipinski definition) is 0. The van der Waals surface area contributed by atoms with Crippen LogP contribution in [0.4, 0.5) is 8.78 Å². The predicted molar refractivity (Wildman–Crippen MR) is 120 cm³/mol. The van der Waals surface area contributed by atoms with Gasteiger partial charge < -0.3 is 4.74 Å². The minimum absolute atomic E-state index is 0.0290. The van der Waals surface area contributed by atoms with E-state index < -0.39 is 5.92 Å². The van der Waals surface area contributed by atoms with Crippen molar-refractivity contribution in [1.82, 2.24) is 4.98 Å². The van der Waals surface area contributed by atoms with E-state index in [9.17, 15) is 13.6 Å². The van der Waals surface area contributed by atoms with Crippen LogP contribution in [0.25, 0.3) is 17.2 Å². The second-order valence-corrected chi connectivity index (χ2v) is 9.88. The minimum Gasteiger partial charge on any atom is -0.462 e. The molecule has 2 heterocycles. The molecule has 3 nitrogen and oxygen atoms in total. The maximum atomic E-state index is 14.1. The molecule has 6 atom stereocenters. The lowest BCUT2D eigenvalue weighted by molar-refractivity contribution is -0.145. The van der Waals surface area contributed by atoms with Gasteiger partial charge in [-0.2, -0.15) is 0 Å². The monoisotopic (exact) mass is 457 g/mol.